The van der Waals surface area contributed by atoms with Gasteiger partial charge in [-0.15, -0.1) is 13.2 Å². The SMILES string of the molecule is C=CCC1O[C@@H](C)[C@@H](OC(C)=O)[C@@H](OC(C)=O)[C@@H]1OC(C)=O.C=CC[C@@H]1O[C@@H](C)[C@@H](O)[C@@H](O)[C@@H]1O.CC(=O)OC1O[C@@H](C)[C@@H](OC(C)=O)[C@@H](OC(C)=O)[C@@H]1OC(C)=O.C[C@@H]1OC(O)[C@@H](O)[C@H](O)[C@@H]1O. The minimum atomic E-state index is -1.43. The Morgan fingerprint density at radius 1 is 0.377 bits per heavy atom. The third-order valence-electron chi connectivity index (χ3n) is 10.3. The van der Waals surface area contributed by atoms with E-state index in [1.807, 2.05) is 0 Å². The molecular formula is C44H70O25. The molecule has 25 heteroatoms. The third kappa shape index (κ3) is 19.9. The molecule has 396 valence electrons. The Hall–Kier alpha value is -4.67. The summed E-state index contributed by atoms with van der Waals surface area (Å²) in [4.78, 5) is 79.2. The number of hydrogen-bond donors (Lipinski definition) is 7. The summed E-state index contributed by atoms with van der Waals surface area (Å²) in [6.45, 7) is 21.9. The monoisotopic (exact) mass is 998 g/mol. The maximum atomic E-state index is 11.4. The van der Waals surface area contributed by atoms with Gasteiger partial charge in [-0.05, 0) is 40.5 Å². The zero-order chi connectivity index (χ0) is 53.2. The van der Waals surface area contributed by atoms with Crippen molar-refractivity contribution >= 4 is 41.8 Å². The lowest BCUT2D eigenvalue weighted by molar-refractivity contribution is -0.292. The summed E-state index contributed by atoms with van der Waals surface area (Å²) in [5.74, 6) is -4.34. The zero-order valence-electron chi connectivity index (χ0n) is 40.5. The molecule has 7 N–H and O–H groups in total. The van der Waals surface area contributed by atoms with Crippen LogP contribution in [0, 0.1) is 0 Å². The first-order valence-electron chi connectivity index (χ1n) is 21.8. The van der Waals surface area contributed by atoms with Crippen LogP contribution >= 0.6 is 0 Å². The minimum Gasteiger partial charge on any atom is -0.456 e. The predicted octanol–water partition coefficient (Wildman–Crippen LogP) is -1.53. The van der Waals surface area contributed by atoms with Gasteiger partial charge < -0.3 is 87.9 Å². The molecule has 0 aromatic heterocycles. The molecule has 69 heavy (non-hydrogen) atoms. The molecule has 0 saturated carbocycles. The molecule has 4 saturated heterocycles. The second-order valence-corrected chi connectivity index (χ2v) is 16.2. The lowest BCUT2D eigenvalue weighted by atomic mass is 9.93. The first kappa shape index (κ1) is 62.3. The molecule has 4 aliphatic heterocycles. The standard InChI is InChI=1S/C15H22O7.C14H20O9.C9H16O4.C6H12O5/c1-6-7-12-14(21-10(4)17)15(22-11(5)18)13(8(2)19-12)20-9(3)16;1-6-11(20-7(2)15)12(21-8(3)16)13(22-9(4)17)14(19-6)23-10(5)18;1-3-4-6-8(11)9(12)7(10)5(2)13-6;1-2-3(7)4(8)5(9)6(10)11-2/h6,8,12-15H,1,7H2,2-5H3;6,11-14H,1-5H3;3,5-12H,1,4H2,2H3;2-10H,1H3/t8-,12?,13+,14+,15+;6-,11+,12+,13-,14?;5-,6-,7+,8+,9+;2-,3+,4+,5-,6?/m0000/s1. The van der Waals surface area contributed by atoms with Crippen LogP contribution in [-0.2, 0) is 85.7 Å². The average Bonchev–Trinajstić information content (AvgIpc) is 3.23. The van der Waals surface area contributed by atoms with Crippen molar-refractivity contribution in [2.24, 2.45) is 0 Å². The Labute approximate surface area is 399 Å². The van der Waals surface area contributed by atoms with Crippen LogP contribution in [0.5, 0.6) is 0 Å². The second kappa shape index (κ2) is 29.5. The normalized spacial score (nSPS) is 37.0. The van der Waals surface area contributed by atoms with E-state index in [4.69, 9.17) is 67.8 Å². The van der Waals surface area contributed by atoms with E-state index in [-0.39, 0.29) is 0 Å². The molecule has 20 atom stereocenters. The minimum absolute atomic E-state index is 0.396. The number of hydrogen-bond acceptors (Lipinski definition) is 25. The fraction of sp³-hybridized carbons (Fsp3) is 0.750. The molecule has 4 aliphatic rings. The van der Waals surface area contributed by atoms with Crippen molar-refractivity contribution in [2.45, 2.75) is 211 Å². The van der Waals surface area contributed by atoms with E-state index in [1.54, 1.807) is 32.9 Å². The number of aliphatic hydroxyl groups is 7. The number of carbonyl (C=O) groups is 7. The van der Waals surface area contributed by atoms with E-state index < -0.39 is 164 Å². The van der Waals surface area contributed by atoms with Gasteiger partial charge in [0.15, 0.2) is 36.8 Å². The van der Waals surface area contributed by atoms with Crippen molar-refractivity contribution in [3.63, 3.8) is 0 Å². The van der Waals surface area contributed by atoms with E-state index in [1.165, 1.54) is 34.6 Å². The Balaban J connectivity index is 0.000000480. The molecule has 0 aliphatic carbocycles. The maximum absolute atomic E-state index is 11.4. The molecule has 0 amide bonds. The summed E-state index contributed by atoms with van der Waals surface area (Å²) in [5.41, 5.74) is 0. The largest absolute Gasteiger partial charge is 0.456 e. The summed E-state index contributed by atoms with van der Waals surface area (Å²) in [7, 11) is 0. The predicted molar refractivity (Wildman–Crippen MR) is 230 cm³/mol. The molecule has 4 rings (SSSR count). The lowest BCUT2D eigenvalue weighted by Gasteiger charge is -2.43. The van der Waals surface area contributed by atoms with Gasteiger partial charge in [0.25, 0.3) is 0 Å². The van der Waals surface area contributed by atoms with Crippen molar-refractivity contribution in [1.29, 1.82) is 0 Å². The molecule has 0 bridgehead atoms. The van der Waals surface area contributed by atoms with Gasteiger partial charge >= 0.3 is 41.8 Å². The fourth-order valence-corrected chi connectivity index (χ4v) is 7.22. The van der Waals surface area contributed by atoms with Gasteiger partial charge in [-0.25, -0.2) is 0 Å². The van der Waals surface area contributed by atoms with Crippen LogP contribution in [0.25, 0.3) is 0 Å². The highest BCUT2D eigenvalue weighted by Gasteiger charge is 2.52. The summed E-state index contributed by atoms with van der Waals surface area (Å²) in [5, 5.41) is 64.2. The topological polar surface area (TPSA) is 363 Å². The molecule has 4 heterocycles. The molecular weight excluding hydrogens is 928 g/mol. The lowest BCUT2D eigenvalue weighted by Crippen LogP contribution is -2.61. The van der Waals surface area contributed by atoms with Crippen LogP contribution < -0.4 is 0 Å². The van der Waals surface area contributed by atoms with Gasteiger partial charge in [0.1, 0.15) is 42.7 Å². The summed E-state index contributed by atoms with van der Waals surface area (Å²) < 4.78 is 57.2. The molecule has 0 aromatic rings. The van der Waals surface area contributed by atoms with Crippen molar-refractivity contribution in [3.8, 4) is 0 Å². The molecule has 0 radical (unpaired) electrons. The van der Waals surface area contributed by atoms with Crippen LogP contribution in [0.2, 0.25) is 0 Å². The highest BCUT2D eigenvalue weighted by molar-refractivity contribution is 5.70. The quantitative estimate of drug-likeness (QED) is 0.0701. The molecule has 0 aromatic carbocycles. The molecule has 0 spiro atoms. The summed E-state index contributed by atoms with van der Waals surface area (Å²) in [6.07, 6.45) is -15.2. The van der Waals surface area contributed by atoms with E-state index in [9.17, 15) is 48.9 Å². The van der Waals surface area contributed by atoms with Gasteiger partial charge in [-0.2, -0.15) is 0 Å². The Morgan fingerprint density at radius 2 is 0.696 bits per heavy atom. The number of aliphatic hydroxyl groups excluding tert-OH is 7. The van der Waals surface area contributed by atoms with Crippen molar-refractivity contribution in [2.75, 3.05) is 0 Å². The first-order valence-corrected chi connectivity index (χ1v) is 21.8. The van der Waals surface area contributed by atoms with Crippen LogP contribution in [0.15, 0.2) is 25.3 Å². The van der Waals surface area contributed by atoms with Crippen molar-refractivity contribution in [3.05, 3.63) is 25.3 Å². The highest BCUT2D eigenvalue weighted by Crippen LogP contribution is 2.31. The van der Waals surface area contributed by atoms with Gasteiger partial charge in [-0.1, -0.05) is 12.2 Å². The smallest absolute Gasteiger partial charge is 0.305 e. The number of carbonyl (C=O) groups excluding carboxylic acids is 7. The van der Waals surface area contributed by atoms with Crippen molar-refractivity contribution in [1.82, 2.24) is 0 Å². The van der Waals surface area contributed by atoms with Crippen molar-refractivity contribution < 1.29 is 121 Å². The summed E-state index contributed by atoms with van der Waals surface area (Å²) in [6, 6.07) is 0. The van der Waals surface area contributed by atoms with Gasteiger partial charge in [0.2, 0.25) is 12.4 Å². The fourth-order valence-electron chi connectivity index (χ4n) is 7.22. The number of rotatable bonds is 11. The van der Waals surface area contributed by atoms with Crippen LogP contribution in [0.3, 0.4) is 0 Å². The third-order valence-corrected chi connectivity index (χ3v) is 10.3. The van der Waals surface area contributed by atoms with Gasteiger partial charge in [0, 0.05) is 48.5 Å². The van der Waals surface area contributed by atoms with E-state index in [0.717, 1.165) is 20.8 Å². The highest BCUT2D eigenvalue weighted by atomic mass is 16.7. The van der Waals surface area contributed by atoms with Crippen LogP contribution in [0.4, 0.5) is 0 Å². The molecule has 25 nitrogen and oxygen atoms in total. The second-order valence-electron chi connectivity index (χ2n) is 16.2. The van der Waals surface area contributed by atoms with Crippen LogP contribution in [-0.4, -0.2) is 200 Å². The first-order chi connectivity index (χ1) is 32.0. The Kier molecular flexibility index (Phi) is 26.7. The maximum Gasteiger partial charge on any atom is 0.305 e. The molecule has 3 unspecified atom stereocenters. The van der Waals surface area contributed by atoms with Gasteiger partial charge in [0.05, 0.1) is 30.5 Å². The van der Waals surface area contributed by atoms with E-state index >= 15 is 0 Å². The van der Waals surface area contributed by atoms with E-state index in [2.05, 4.69) is 17.9 Å². The molecule has 4 fully saturated rings. The van der Waals surface area contributed by atoms with Gasteiger partial charge in [-0.3, -0.25) is 33.6 Å². The summed E-state index contributed by atoms with van der Waals surface area (Å²) >= 11 is 0. The Bertz CT molecular complexity index is 1690. The zero-order valence-corrected chi connectivity index (χ0v) is 40.5. The number of esters is 7. The Morgan fingerprint density at radius 3 is 1.12 bits per heavy atom. The van der Waals surface area contributed by atoms with E-state index in [0.29, 0.717) is 12.8 Å². The average molecular weight is 999 g/mol. The number of ether oxygens (including phenoxy) is 11. The van der Waals surface area contributed by atoms with Crippen LogP contribution in [0.1, 0.15) is 89.0 Å².